The molecule has 23 heavy (non-hydrogen) atoms. The van der Waals surface area contributed by atoms with E-state index in [1.54, 1.807) is 0 Å². The highest BCUT2D eigenvalue weighted by Gasteiger charge is 2.57. The van der Waals surface area contributed by atoms with E-state index in [-0.39, 0.29) is 29.9 Å². The van der Waals surface area contributed by atoms with E-state index >= 15 is 0 Å². The fourth-order valence-corrected chi connectivity index (χ4v) is 6.07. The van der Waals surface area contributed by atoms with Crippen LogP contribution in [0, 0.1) is 11.8 Å². The third kappa shape index (κ3) is 2.60. The standard InChI is InChI=1S/C16H22F2N2O2S/c1-14(2)8-15(3-4-22-14)12(21)20-13(23-15)19-11-6-10-5-9(11)7-16(10,17)18/h9-11H,3-8H2,1-2H3,(H,19,20,21). The first-order chi connectivity index (χ1) is 10.7. The van der Waals surface area contributed by atoms with Gasteiger partial charge < -0.3 is 10.1 Å². The van der Waals surface area contributed by atoms with Crippen molar-refractivity contribution in [1.29, 1.82) is 0 Å². The number of rotatable bonds is 1. The number of carbonyl (C=O) groups excluding carboxylic acids is 1. The van der Waals surface area contributed by atoms with Gasteiger partial charge in [-0.15, -0.1) is 0 Å². The molecule has 2 bridgehead atoms. The lowest BCUT2D eigenvalue weighted by molar-refractivity contribution is -0.129. The Bertz CT molecular complexity index is 580. The summed E-state index contributed by atoms with van der Waals surface area (Å²) in [5.74, 6) is -3.09. The molecule has 2 aliphatic carbocycles. The second-order valence-electron chi connectivity index (χ2n) is 7.98. The van der Waals surface area contributed by atoms with Gasteiger partial charge in [0.15, 0.2) is 5.17 Å². The smallest absolute Gasteiger partial charge is 0.251 e. The van der Waals surface area contributed by atoms with Crippen LogP contribution in [-0.4, -0.2) is 40.0 Å². The predicted octanol–water partition coefficient (Wildman–Crippen LogP) is 2.97. The highest BCUT2D eigenvalue weighted by Crippen LogP contribution is 2.55. The maximum Gasteiger partial charge on any atom is 0.251 e. The molecule has 2 saturated heterocycles. The zero-order chi connectivity index (χ0) is 16.5. The van der Waals surface area contributed by atoms with Gasteiger partial charge in [-0.3, -0.25) is 9.79 Å². The molecule has 4 nitrogen and oxygen atoms in total. The summed E-state index contributed by atoms with van der Waals surface area (Å²) >= 11 is 1.48. The average molecular weight is 344 g/mol. The zero-order valence-electron chi connectivity index (χ0n) is 13.4. The van der Waals surface area contributed by atoms with Gasteiger partial charge in [0.2, 0.25) is 5.91 Å². The van der Waals surface area contributed by atoms with Gasteiger partial charge in [0.25, 0.3) is 5.92 Å². The van der Waals surface area contributed by atoms with Crippen molar-refractivity contribution >= 4 is 22.8 Å². The van der Waals surface area contributed by atoms with E-state index in [4.69, 9.17) is 4.74 Å². The molecule has 0 aromatic carbocycles. The third-order valence-corrected chi connectivity index (χ3v) is 7.03. The number of ether oxygens (including phenoxy) is 1. The molecule has 2 aliphatic heterocycles. The number of hydrogen-bond donors (Lipinski definition) is 1. The second kappa shape index (κ2) is 4.91. The number of nitrogens with one attached hydrogen (secondary N) is 1. The van der Waals surface area contributed by atoms with Crippen molar-refractivity contribution in [3.8, 4) is 0 Å². The summed E-state index contributed by atoms with van der Waals surface area (Å²) in [7, 11) is 0. The van der Waals surface area contributed by atoms with Crippen molar-refractivity contribution in [3.05, 3.63) is 0 Å². The van der Waals surface area contributed by atoms with Crippen LogP contribution in [0.5, 0.6) is 0 Å². The number of amides is 1. The van der Waals surface area contributed by atoms with Gasteiger partial charge in [-0.25, -0.2) is 8.78 Å². The lowest BCUT2D eigenvalue weighted by atomic mass is 9.87. The molecular weight excluding hydrogens is 322 g/mol. The van der Waals surface area contributed by atoms with E-state index in [1.807, 2.05) is 13.8 Å². The normalized spacial score (nSPS) is 45.8. The van der Waals surface area contributed by atoms with Crippen molar-refractivity contribution in [1.82, 2.24) is 5.32 Å². The number of aliphatic imine (C=N–C) groups is 1. The Balaban J connectivity index is 1.49. The Labute approximate surface area is 138 Å². The van der Waals surface area contributed by atoms with Gasteiger partial charge in [-0.05, 0) is 45.4 Å². The van der Waals surface area contributed by atoms with Crippen LogP contribution in [0.4, 0.5) is 8.78 Å². The number of fused-ring (bicyclic) bond motifs is 2. The Morgan fingerprint density at radius 1 is 1.35 bits per heavy atom. The van der Waals surface area contributed by atoms with Gasteiger partial charge in [0.1, 0.15) is 4.75 Å². The number of amidine groups is 1. The maximum atomic E-state index is 13.6. The molecule has 4 aliphatic rings. The van der Waals surface area contributed by atoms with E-state index < -0.39 is 16.6 Å². The molecule has 128 valence electrons. The largest absolute Gasteiger partial charge is 0.375 e. The minimum atomic E-state index is -2.51. The molecule has 4 rings (SSSR count). The quantitative estimate of drug-likeness (QED) is 0.796. The first-order valence-corrected chi connectivity index (χ1v) is 9.11. The Hall–Kier alpha value is -0.690. The van der Waals surface area contributed by atoms with E-state index in [0.717, 1.165) is 0 Å². The summed E-state index contributed by atoms with van der Waals surface area (Å²) in [6.07, 6.45) is 2.27. The van der Waals surface area contributed by atoms with Crippen LogP contribution in [-0.2, 0) is 9.53 Å². The van der Waals surface area contributed by atoms with Gasteiger partial charge in [-0.2, -0.15) is 0 Å². The number of alkyl halides is 2. The molecule has 4 atom stereocenters. The zero-order valence-corrected chi connectivity index (χ0v) is 14.2. The molecule has 4 fully saturated rings. The SMILES string of the molecule is CC1(C)CC2(CCO1)SC(=NC1CC3CC1CC3(F)F)NC2=O. The van der Waals surface area contributed by atoms with Crippen LogP contribution in [0.2, 0.25) is 0 Å². The van der Waals surface area contributed by atoms with E-state index in [2.05, 4.69) is 10.3 Å². The third-order valence-electron chi connectivity index (χ3n) is 5.71. The first-order valence-electron chi connectivity index (χ1n) is 8.29. The average Bonchev–Trinajstić information content (AvgIpc) is 3.00. The van der Waals surface area contributed by atoms with Crippen LogP contribution < -0.4 is 5.32 Å². The summed E-state index contributed by atoms with van der Waals surface area (Å²) in [4.78, 5) is 17.1. The lowest BCUT2D eigenvalue weighted by Gasteiger charge is -2.39. The highest BCUT2D eigenvalue weighted by atomic mass is 32.2. The Morgan fingerprint density at radius 3 is 2.74 bits per heavy atom. The fourth-order valence-electron chi connectivity index (χ4n) is 4.62. The molecule has 0 aromatic heterocycles. The molecule has 1 N–H and O–H groups in total. The van der Waals surface area contributed by atoms with E-state index in [9.17, 15) is 13.6 Å². The van der Waals surface area contributed by atoms with Gasteiger partial charge in [0.05, 0.1) is 11.6 Å². The van der Waals surface area contributed by atoms with Crippen LogP contribution in [0.1, 0.15) is 46.0 Å². The van der Waals surface area contributed by atoms with Crippen molar-refractivity contribution in [2.75, 3.05) is 6.61 Å². The molecule has 1 amide bonds. The molecule has 0 aromatic rings. The molecule has 4 unspecified atom stereocenters. The summed E-state index contributed by atoms with van der Waals surface area (Å²) < 4.78 is 32.4. The highest BCUT2D eigenvalue weighted by molar-refractivity contribution is 8.16. The molecular formula is C16H22F2N2O2S. The van der Waals surface area contributed by atoms with Crippen LogP contribution in [0.15, 0.2) is 4.99 Å². The van der Waals surface area contributed by atoms with Crippen molar-refractivity contribution < 1.29 is 18.3 Å². The number of hydrogen-bond acceptors (Lipinski definition) is 4. The van der Waals surface area contributed by atoms with Crippen LogP contribution in [0.25, 0.3) is 0 Å². The number of halogens is 2. The molecule has 2 heterocycles. The summed E-state index contributed by atoms with van der Waals surface area (Å²) in [5.41, 5.74) is -0.327. The van der Waals surface area contributed by atoms with Crippen molar-refractivity contribution in [3.63, 3.8) is 0 Å². The van der Waals surface area contributed by atoms with E-state index in [0.29, 0.717) is 37.5 Å². The van der Waals surface area contributed by atoms with Gasteiger partial charge >= 0.3 is 0 Å². The van der Waals surface area contributed by atoms with Crippen molar-refractivity contribution in [2.24, 2.45) is 16.8 Å². The fraction of sp³-hybridized carbons (Fsp3) is 0.875. The second-order valence-corrected chi connectivity index (χ2v) is 9.35. The topological polar surface area (TPSA) is 50.7 Å². The Morgan fingerprint density at radius 2 is 2.13 bits per heavy atom. The summed E-state index contributed by atoms with van der Waals surface area (Å²) in [6.45, 7) is 4.55. The number of nitrogens with zero attached hydrogens (tertiary/aromatic N) is 1. The molecule has 0 radical (unpaired) electrons. The predicted molar refractivity (Wildman–Crippen MR) is 84.7 cm³/mol. The van der Waals surface area contributed by atoms with Crippen LogP contribution >= 0.6 is 11.8 Å². The lowest BCUT2D eigenvalue weighted by Crippen LogP contribution is -2.48. The molecule has 2 saturated carbocycles. The van der Waals surface area contributed by atoms with Gasteiger partial charge in [-0.1, -0.05) is 11.8 Å². The first kappa shape index (κ1) is 15.8. The minimum absolute atomic E-state index is 0.00823. The Kier molecular flexibility index (Phi) is 3.38. The maximum absolute atomic E-state index is 13.6. The summed E-state index contributed by atoms with van der Waals surface area (Å²) in [5, 5.41) is 3.51. The number of carbonyl (C=O) groups is 1. The summed E-state index contributed by atoms with van der Waals surface area (Å²) in [6, 6.07) is -0.0644. The van der Waals surface area contributed by atoms with E-state index in [1.165, 1.54) is 11.8 Å². The monoisotopic (exact) mass is 344 g/mol. The van der Waals surface area contributed by atoms with Gasteiger partial charge in [0, 0.05) is 18.9 Å². The van der Waals surface area contributed by atoms with Crippen LogP contribution in [0.3, 0.4) is 0 Å². The van der Waals surface area contributed by atoms with Crippen molar-refractivity contribution in [2.45, 2.75) is 68.3 Å². The molecule has 1 spiro atoms. The minimum Gasteiger partial charge on any atom is -0.375 e. The molecule has 7 heteroatoms. The number of thioether (sulfide) groups is 1.